The molecule has 0 aromatic heterocycles. The zero-order chi connectivity index (χ0) is 10.8. The number of ketones is 1. The summed E-state index contributed by atoms with van der Waals surface area (Å²) in [5, 5.41) is 0. The lowest BCUT2D eigenvalue weighted by atomic mass is 9.89. The van der Waals surface area contributed by atoms with Crippen molar-refractivity contribution in [3.8, 4) is 0 Å². The minimum atomic E-state index is -0.242. The van der Waals surface area contributed by atoms with Crippen LogP contribution >= 0.6 is 0 Å². The van der Waals surface area contributed by atoms with Gasteiger partial charge in [-0.15, -0.1) is 0 Å². The van der Waals surface area contributed by atoms with E-state index < -0.39 is 0 Å². The molecule has 0 N–H and O–H groups in total. The summed E-state index contributed by atoms with van der Waals surface area (Å²) >= 11 is 0. The lowest BCUT2D eigenvalue weighted by molar-refractivity contribution is -0.132. The largest absolute Gasteiger partial charge is 0.308 e. The molecule has 0 aliphatic carbocycles. The highest BCUT2D eigenvalue weighted by Crippen LogP contribution is 2.23. The summed E-state index contributed by atoms with van der Waals surface area (Å²) in [5.41, 5.74) is -0.242. The maximum atomic E-state index is 11.7. The van der Waals surface area contributed by atoms with Gasteiger partial charge in [0.15, 0.2) is 5.78 Å². The number of piperidine rings is 1. The van der Waals surface area contributed by atoms with Gasteiger partial charge in [0.2, 0.25) is 0 Å². The molecule has 0 spiro atoms. The summed E-state index contributed by atoms with van der Waals surface area (Å²) in [4.78, 5) is 16.2. The highest BCUT2D eigenvalue weighted by Gasteiger charge is 2.36. The van der Waals surface area contributed by atoms with E-state index in [9.17, 15) is 4.79 Å². The number of hydrogen-bond acceptors (Lipinski definition) is 3. The third-order valence-electron chi connectivity index (χ3n) is 3.12. The summed E-state index contributed by atoms with van der Waals surface area (Å²) in [6, 6.07) is 0. The van der Waals surface area contributed by atoms with Gasteiger partial charge in [0.1, 0.15) is 0 Å². The number of carbonyl (C=O) groups excluding carboxylic acids is 1. The van der Waals surface area contributed by atoms with Gasteiger partial charge in [0.05, 0.1) is 5.54 Å². The van der Waals surface area contributed by atoms with Crippen molar-refractivity contribution in [1.82, 2.24) is 9.80 Å². The van der Waals surface area contributed by atoms with Gasteiger partial charge in [-0.2, -0.15) is 0 Å². The van der Waals surface area contributed by atoms with Gasteiger partial charge >= 0.3 is 0 Å². The van der Waals surface area contributed by atoms with Crippen LogP contribution < -0.4 is 0 Å². The van der Waals surface area contributed by atoms with Crippen molar-refractivity contribution >= 4 is 5.78 Å². The summed E-state index contributed by atoms with van der Waals surface area (Å²) in [6.07, 6.45) is 1.78. The molecule has 1 aliphatic heterocycles. The first-order valence-corrected chi connectivity index (χ1v) is 5.37. The minimum Gasteiger partial charge on any atom is -0.308 e. The molecule has 0 aromatic carbocycles. The highest BCUT2D eigenvalue weighted by molar-refractivity contribution is 5.88. The van der Waals surface area contributed by atoms with Crippen molar-refractivity contribution in [3.05, 3.63) is 0 Å². The van der Waals surface area contributed by atoms with E-state index in [0.717, 1.165) is 32.5 Å². The van der Waals surface area contributed by atoms with Gasteiger partial charge in [-0.25, -0.2) is 0 Å². The monoisotopic (exact) mass is 198 g/mol. The van der Waals surface area contributed by atoms with Crippen LogP contribution in [0.5, 0.6) is 0 Å². The van der Waals surface area contributed by atoms with E-state index in [0.29, 0.717) is 5.78 Å². The van der Waals surface area contributed by atoms with Gasteiger partial charge in [-0.1, -0.05) is 0 Å². The van der Waals surface area contributed by atoms with Crippen LogP contribution in [0.25, 0.3) is 0 Å². The molecule has 0 amide bonds. The Kier molecular flexibility index (Phi) is 3.67. The predicted octanol–water partition coefficient (Wildman–Crippen LogP) is 0.991. The van der Waals surface area contributed by atoms with E-state index in [-0.39, 0.29) is 5.54 Å². The second-order valence-electron chi connectivity index (χ2n) is 4.88. The Balaban J connectivity index is 2.54. The predicted molar refractivity (Wildman–Crippen MR) is 58.4 cm³/mol. The van der Waals surface area contributed by atoms with Crippen LogP contribution in [0.15, 0.2) is 0 Å². The Hall–Kier alpha value is -0.410. The van der Waals surface area contributed by atoms with E-state index in [4.69, 9.17) is 0 Å². The fourth-order valence-corrected chi connectivity index (χ4v) is 1.90. The molecule has 1 rings (SSSR count). The Labute approximate surface area is 87.1 Å². The molecule has 0 unspecified atom stereocenters. The number of likely N-dealkylation sites (N-methyl/N-ethyl adjacent to an activating group) is 1. The van der Waals surface area contributed by atoms with Crippen LogP contribution in [0.1, 0.15) is 26.7 Å². The van der Waals surface area contributed by atoms with Crippen LogP contribution in [-0.2, 0) is 4.79 Å². The molecule has 3 nitrogen and oxygen atoms in total. The first-order chi connectivity index (χ1) is 6.44. The molecule has 1 aliphatic rings. The topological polar surface area (TPSA) is 23.6 Å². The lowest BCUT2D eigenvalue weighted by Crippen LogP contribution is -2.55. The second kappa shape index (κ2) is 4.41. The van der Waals surface area contributed by atoms with Crippen molar-refractivity contribution in [2.24, 2.45) is 0 Å². The maximum absolute atomic E-state index is 11.7. The molecule has 0 saturated carbocycles. The minimum absolute atomic E-state index is 0.242. The van der Waals surface area contributed by atoms with Crippen LogP contribution in [0.4, 0.5) is 0 Å². The first-order valence-electron chi connectivity index (χ1n) is 5.37. The third-order valence-corrected chi connectivity index (χ3v) is 3.12. The zero-order valence-corrected chi connectivity index (χ0v) is 9.84. The van der Waals surface area contributed by atoms with Crippen LogP contribution in [0, 0.1) is 0 Å². The van der Waals surface area contributed by atoms with E-state index in [1.807, 2.05) is 13.8 Å². The molecular formula is C11H22N2O. The quantitative estimate of drug-likeness (QED) is 0.675. The normalized spacial score (nSPS) is 23.1. The Morgan fingerprint density at radius 1 is 1.43 bits per heavy atom. The smallest absolute Gasteiger partial charge is 0.152 e. The molecule has 1 fully saturated rings. The number of carbonyl (C=O) groups is 1. The van der Waals surface area contributed by atoms with Crippen molar-refractivity contribution in [2.75, 3.05) is 33.7 Å². The van der Waals surface area contributed by atoms with Crippen molar-refractivity contribution in [2.45, 2.75) is 32.2 Å². The molecule has 0 bridgehead atoms. The number of rotatable bonds is 3. The fourth-order valence-electron chi connectivity index (χ4n) is 1.90. The molecule has 3 heteroatoms. The van der Waals surface area contributed by atoms with Gasteiger partial charge < -0.3 is 4.90 Å². The van der Waals surface area contributed by atoms with E-state index in [1.165, 1.54) is 0 Å². The first kappa shape index (κ1) is 11.7. The Morgan fingerprint density at radius 2 is 2.07 bits per heavy atom. The third kappa shape index (κ3) is 2.55. The van der Waals surface area contributed by atoms with Crippen LogP contribution in [-0.4, -0.2) is 54.9 Å². The molecule has 82 valence electrons. The Morgan fingerprint density at radius 3 is 2.64 bits per heavy atom. The van der Waals surface area contributed by atoms with E-state index in [2.05, 4.69) is 23.9 Å². The molecule has 1 saturated heterocycles. The summed E-state index contributed by atoms with van der Waals surface area (Å²) in [6.45, 7) is 7.17. The molecule has 0 radical (unpaired) electrons. The summed E-state index contributed by atoms with van der Waals surface area (Å²) in [7, 11) is 4.14. The maximum Gasteiger partial charge on any atom is 0.152 e. The Bertz CT molecular complexity index is 211. The van der Waals surface area contributed by atoms with Gasteiger partial charge in [-0.05, 0) is 40.9 Å². The molecule has 0 atom stereocenters. The second-order valence-corrected chi connectivity index (χ2v) is 4.88. The standard InChI is InChI=1S/C11H22N2O/c1-11(2)10(14)6-5-7-13(11)9-8-12(3)4/h5-9H2,1-4H3. The van der Waals surface area contributed by atoms with Crippen LogP contribution in [0.3, 0.4) is 0 Å². The molecule has 14 heavy (non-hydrogen) atoms. The number of likely N-dealkylation sites (tertiary alicyclic amines) is 1. The zero-order valence-electron chi connectivity index (χ0n) is 9.84. The highest BCUT2D eigenvalue weighted by atomic mass is 16.1. The summed E-state index contributed by atoms with van der Waals surface area (Å²) < 4.78 is 0. The van der Waals surface area contributed by atoms with Crippen LogP contribution in [0.2, 0.25) is 0 Å². The molecular weight excluding hydrogens is 176 g/mol. The van der Waals surface area contributed by atoms with Crippen molar-refractivity contribution < 1.29 is 4.79 Å². The van der Waals surface area contributed by atoms with Gasteiger partial charge in [0.25, 0.3) is 0 Å². The average molecular weight is 198 g/mol. The molecule has 0 aromatic rings. The number of hydrogen-bond donors (Lipinski definition) is 0. The average Bonchev–Trinajstić information content (AvgIpc) is 2.07. The van der Waals surface area contributed by atoms with E-state index in [1.54, 1.807) is 0 Å². The molecule has 1 heterocycles. The van der Waals surface area contributed by atoms with Crippen molar-refractivity contribution in [3.63, 3.8) is 0 Å². The van der Waals surface area contributed by atoms with Gasteiger partial charge in [-0.3, -0.25) is 9.69 Å². The SMILES string of the molecule is CN(C)CCN1CCCC(=O)C1(C)C. The number of nitrogens with zero attached hydrogens (tertiary/aromatic N) is 2. The van der Waals surface area contributed by atoms with E-state index >= 15 is 0 Å². The van der Waals surface area contributed by atoms with Crippen molar-refractivity contribution in [1.29, 1.82) is 0 Å². The fraction of sp³-hybridized carbons (Fsp3) is 0.909. The summed E-state index contributed by atoms with van der Waals surface area (Å²) in [5.74, 6) is 0.391. The number of Topliss-reactive ketones (excluding diaryl/α,β-unsaturated/α-hetero) is 1. The lowest BCUT2D eigenvalue weighted by Gasteiger charge is -2.41. The van der Waals surface area contributed by atoms with Gasteiger partial charge in [0, 0.05) is 19.5 Å².